The van der Waals surface area contributed by atoms with Crippen LogP contribution < -0.4 is 0 Å². The number of rotatable bonds is 5. The Hall–Kier alpha value is 0.0400. The van der Waals surface area contributed by atoms with Gasteiger partial charge in [-0.05, 0) is 50.4 Å². The zero-order valence-corrected chi connectivity index (χ0v) is 15.0. The lowest BCUT2D eigenvalue weighted by molar-refractivity contribution is 0.0504. The highest BCUT2D eigenvalue weighted by Crippen LogP contribution is 2.31. The second kappa shape index (κ2) is 7.16. The van der Waals surface area contributed by atoms with E-state index in [4.69, 9.17) is 9.29 Å². The maximum atomic E-state index is 11.8. The topological polar surface area (TPSA) is 80.7 Å². The minimum Gasteiger partial charge on any atom is -0.462 e. The standard InChI is InChI=1S/C10H9Br3O5S/c11-6-4-7(9(13)8(12)5-6)10(14)18-2-1-3-19(15,16)17/h4-5H,1-3H2,(H,15,16,17). The Kier molecular flexibility index (Phi) is 6.44. The van der Waals surface area contributed by atoms with Gasteiger partial charge in [-0.1, -0.05) is 15.9 Å². The Morgan fingerprint density at radius 2 is 1.89 bits per heavy atom. The van der Waals surface area contributed by atoms with E-state index >= 15 is 0 Å². The van der Waals surface area contributed by atoms with Crippen molar-refractivity contribution in [2.24, 2.45) is 0 Å². The molecule has 1 rings (SSSR count). The second-order valence-electron chi connectivity index (χ2n) is 3.52. The highest BCUT2D eigenvalue weighted by Gasteiger charge is 2.15. The SMILES string of the molecule is O=C(OCCCS(=O)(=O)O)c1cc(Br)cc(Br)c1Br. The lowest BCUT2D eigenvalue weighted by atomic mass is 10.2. The molecule has 0 saturated carbocycles. The molecule has 0 radical (unpaired) electrons. The number of hydrogen-bond donors (Lipinski definition) is 1. The molecule has 0 atom stereocenters. The quantitative estimate of drug-likeness (QED) is 0.302. The van der Waals surface area contributed by atoms with Crippen molar-refractivity contribution in [3.63, 3.8) is 0 Å². The van der Waals surface area contributed by atoms with E-state index in [1.807, 2.05) is 0 Å². The number of benzene rings is 1. The molecule has 0 bridgehead atoms. The van der Waals surface area contributed by atoms with Crippen LogP contribution in [0.4, 0.5) is 0 Å². The molecule has 0 fully saturated rings. The Bertz CT molecular complexity index is 585. The van der Waals surface area contributed by atoms with E-state index in [1.54, 1.807) is 12.1 Å². The summed E-state index contributed by atoms with van der Waals surface area (Å²) in [5.74, 6) is -1.02. The summed E-state index contributed by atoms with van der Waals surface area (Å²) in [6, 6.07) is 3.35. The molecule has 0 unspecified atom stereocenters. The first-order chi connectivity index (χ1) is 8.70. The summed E-state index contributed by atoms with van der Waals surface area (Å²) in [6.07, 6.45) is 0.0391. The Morgan fingerprint density at radius 1 is 1.26 bits per heavy atom. The molecule has 0 aliphatic carbocycles. The highest BCUT2D eigenvalue weighted by atomic mass is 79.9. The van der Waals surface area contributed by atoms with Crippen molar-refractivity contribution in [2.45, 2.75) is 6.42 Å². The van der Waals surface area contributed by atoms with Gasteiger partial charge in [0.15, 0.2) is 0 Å². The van der Waals surface area contributed by atoms with Crippen LogP contribution in [0.25, 0.3) is 0 Å². The third kappa shape index (κ3) is 5.90. The molecule has 0 aliphatic rings. The van der Waals surface area contributed by atoms with Gasteiger partial charge in [0, 0.05) is 13.4 Å². The minimum absolute atomic E-state index is 0.0391. The third-order valence-electron chi connectivity index (χ3n) is 1.99. The van der Waals surface area contributed by atoms with Gasteiger partial charge < -0.3 is 4.74 Å². The van der Waals surface area contributed by atoms with Crippen LogP contribution >= 0.6 is 47.8 Å². The highest BCUT2D eigenvalue weighted by molar-refractivity contribution is 9.13. The van der Waals surface area contributed by atoms with E-state index in [0.717, 1.165) is 0 Å². The molecule has 1 aromatic carbocycles. The average molecular weight is 481 g/mol. The molecular formula is C10H9Br3O5S. The third-order valence-corrected chi connectivity index (χ3v) is 5.27. The fraction of sp³-hybridized carbons (Fsp3) is 0.300. The van der Waals surface area contributed by atoms with Gasteiger partial charge in [0.1, 0.15) is 0 Å². The van der Waals surface area contributed by atoms with Gasteiger partial charge in [-0.25, -0.2) is 4.79 Å². The Balaban J connectivity index is 2.64. The molecule has 0 spiro atoms. The second-order valence-corrected chi connectivity index (χ2v) is 7.66. The van der Waals surface area contributed by atoms with Gasteiger partial charge in [-0.15, -0.1) is 0 Å². The van der Waals surface area contributed by atoms with Gasteiger partial charge in [-0.2, -0.15) is 8.42 Å². The van der Waals surface area contributed by atoms with E-state index in [-0.39, 0.29) is 13.0 Å². The van der Waals surface area contributed by atoms with Crippen LogP contribution in [-0.2, 0) is 14.9 Å². The fourth-order valence-electron chi connectivity index (χ4n) is 1.19. The number of hydrogen-bond acceptors (Lipinski definition) is 4. The first-order valence-electron chi connectivity index (χ1n) is 4.97. The van der Waals surface area contributed by atoms with E-state index in [9.17, 15) is 13.2 Å². The van der Waals surface area contributed by atoms with Crippen LogP contribution in [0.1, 0.15) is 16.8 Å². The van der Waals surface area contributed by atoms with Crippen molar-refractivity contribution in [1.82, 2.24) is 0 Å². The van der Waals surface area contributed by atoms with Crippen molar-refractivity contribution in [3.05, 3.63) is 31.1 Å². The van der Waals surface area contributed by atoms with Crippen molar-refractivity contribution >= 4 is 63.9 Å². The molecule has 1 aromatic rings. The number of ether oxygens (including phenoxy) is 1. The van der Waals surface area contributed by atoms with Crippen LogP contribution in [0.2, 0.25) is 0 Å². The smallest absolute Gasteiger partial charge is 0.339 e. The monoisotopic (exact) mass is 478 g/mol. The first-order valence-corrected chi connectivity index (χ1v) is 8.96. The van der Waals surface area contributed by atoms with Crippen LogP contribution in [-0.4, -0.2) is 31.3 Å². The van der Waals surface area contributed by atoms with Crippen molar-refractivity contribution < 1.29 is 22.5 Å². The number of carbonyl (C=O) groups is 1. The molecule has 0 heterocycles. The lowest BCUT2D eigenvalue weighted by Gasteiger charge is -2.08. The van der Waals surface area contributed by atoms with Crippen molar-refractivity contribution in [2.75, 3.05) is 12.4 Å². The van der Waals surface area contributed by atoms with Gasteiger partial charge in [0.25, 0.3) is 10.1 Å². The van der Waals surface area contributed by atoms with Gasteiger partial charge >= 0.3 is 5.97 Å². The zero-order valence-electron chi connectivity index (χ0n) is 9.40. The predicted molar refractivity (Wildman–Crippen MR) is 80.9 cm³/mol. The Morgan fingerprint density at radius 3 is 2.47 bits per heavy atom. The maximum absolute atomic E-state index is 11.8. The molecule has 19 heavy (non-hydrogen) atoms. The zero-order chi connectivity index (χ0) is 14.6. The molecule has 5 nitrogen and oxygen atoms in total. The summed E-state index contributed by atoms with van der Waals surface area (Å²) in [7, 11) is -4.02. The summed E-state index contributed by atoms with van der Waals surface area (Å²) in [5.41, 5.74) is 0.313. The molecule has 1 N–H and O–H groups in total. The molecule has 0 aromatic heterocycles. The molecule has 0 saturated heterocycles. The number of carbonyl (C=O) groups excluding carboxylic acids is 1. The number of halogens is 3. The lowest BCUT2D eigenvalue weighted by Crippen LogP contribution is -2.11. The summed E-state index contributed by atoms with van der Waals surface area (Å²) in [4.78, 5) is 11.8. The minimum atomic E-state index is -4.02. The van der Waals surface area contributed by atoms with E-state index in [2.05, 4.69) is 47.8 Å². The molecule has 106 valence electrons. The summed E-state index contributed by atoms with van der Waals surface area (Å²) < 4.78 is 36.4. The van der Waals surface area contributed by atoms with Gasteiger partial charge in [0.2, 0.25) is 0 Å². The molecule has 0 amide bonds. The fourth-order valence-corrected chi connectivity index (χ4v) is 3.29. The number of esters is 1. The van der Waals surface area contributed by atoms with Crippen molar-refractivity contribution in [1.29, 1.82) is 0 Å². The maximum Gasteiger partial charge on any atom is 0.339 e. The van der Waals surface area contributed by atoms with Gasteiger partial charge in [0.05, 0.1) is 17.9 Å². The normalized spacial score (nSPS) is 11.4. The summed E-state index contributed by atoms with van der Waals surface area (Å²) in [6.45, 7) is -0.0881. The predicted octanol–water partition coefficient (Wildman–Crippen LogP) is 3.41. The molecule has 0 aliphatic heterocycles. The van der Waals surface area contributed by atoms with Crippen LogP contribution in [0.5, 0.6) is 0 Å². The van der Waals surface area contributed by atoms with Crippen molar-refractivity contribution in [3.8, 4) is 0 Å². The average Bonchev–Trinajstić information content (AvgIpc) is 2.27. The summed E-state index contributed by atoms with van der Waals surface area (Å²) in [5, 5.41) is 0. The van der Waals surface area contributed by atoms with E-state index < -0.39 is 21.8 Å². The first kappa shape index (κ1) is 17.1. The van der Waals surface area contributed by atoms with E-state index in [0.29, 0.717) is 19.0 Å². The van der Waals surface area contributed by atoms with Crippen LogP contribution in [0.15, 0.2) is 25.6 Å². The van der Waals surface area contributed by atoms with Crippen LogP contribution in [0.3, 0.4) is 0 Å². The molecular weight excluding hydrogens is 472 g/mol. The largest absolute Gasteiger partial charge is 0.462 e. The van der Waals surface area contributed by atoms with Gasteiger partial charge in [-0.3, -0.25) is 4.55 Å². The van der Waals surface area contributed by atoms with E-state index in [1.165, 1.54) is 0 Å². The summed E-state index contributed by atoms with van der Waals surface area (Å²) >= 11 is 9.78. The molecule has 9 heteroatoms. The van der Waals surface area contributed by atoms with Crippen LogP contribution in [0, 0.1) is 0 Å². The Labute approximate surface area is 135 Å².